The van der Waals surface area contributed by atoms with Gasteiger partial charge in [-0.1, -0.05) is 26.3 Å². The van der Waals surface area contributed by atoms with Crippen LogP contribution in [0.5, 0.6) is 0 Å². The van der Waals surface area contributed by atoms with E-state index >= 15 is 0 Å². The number of carbonyl (C=O) groups is 1. The Morgan fingerprint density at radius 2 is 2.27 bits per heavy atom. The van der Waals surface area contributed by atoms with Crippen LogP contribution in [0.25, 0.3) is 0 Å². The highest BCUT2D eigenvalue weighted by molar-refractivity contribution is 5.92. The minimum atomic E-state index is -0.822. The van der Waals surface area contributed by atoms with E-state index in [1.54, 1.807) is 0 Å². The molecule has 0 saturated carbocycles. The van der Waals surface area contributed by atoms with Crippen molar-refractivity contribution in [1.82, 2.24) is 6.15 Å². The predicted molar refractivity (Wildman–Crippen MR) is 45.8 cm³/mol. The summed E-state index contributed by atoms with van der Waals surface area (Å²) in [5.74, 6) is -0.270. The van der Waals surface area contributed by atoms with Gasteiger partial charge in [0.2, 0.25) is 0 Å². The average molecular weight is 159 g/mol. The van der Waals surface area contributed by atoms with Gasteiger partial charge in [-0.3, -0.25) is 4.79 Å². The molecule has 11 heavy (non-hydrogen) atoms. The van der Waals surface area contributed by atoms with Crippen molar-refractivity contribution in [3.8, 4) is 0 Å². The van der Waals surface area contributed by atoms with Gasteiger partial charge in [-0.25, -0.2) is 0 Å². The van der Waals surface area contributed by atoms with Crippen molar-refractivity contribution in [1.29, 1.82) is 0 Å². The molecule has 3 nitrogen and oxygen atoms in total. The summed E-state index contributed by atoms with van der Waals surface area (Å²) in [6.07, 6.45) is 2.79. The van der Waals surface area contributed by atoms with E-state index in [-0.39, 0.29) is 11.9 Å². The molecule has 0 radical (unpaired) electrons. The molecule has 4 N–H and O–H groups in total. The zero-order valence-corrected chi connectivity index (χ0v) is 7.05. The fourth-order valence-corrected chi connectivity index (χ4v) is 0.676. The van der Waals surface area contributed by atoms with Crippen molar-refractivity contribution < 1.29 is 9.90 Å². The number of rotatable bonds is 5. The lowest BCUT2D eigenvalue weighted by atomic mass is 10.1. The first kappa shape index (κ1) is 13.0. The monoisotopic (exact) mass is 159 g/mol. The summed E-state index contributed by atoms with van der Waals surface area (Å²) < 4.78 is 0. The van der Waals surface area contributed by atoms with Crippen LogP contribution in [0, 0.1) is 0 Å². The van der Waals surface area contributed by atoms with Gasteiger partial charge >= 0.3 is 0 Å². The van der Waals surface area contributed by atoms with Gasteiger partial charge in [-0.15, -0.1) is 0 Å². The Morgan fingerprint density at radius 3 is 2.64 bits per heavy atom. The van der Waals surface area contributed by atoms with E-state index < -0.39 is 6.10 Å². The summed E-state index contributed by atoms with van der Waals surface area (Å²) in [4.78, 5) is 10.6. The molecule has 0 aliphatic heterocycles. The Balaban J connectivity index is 0. The molecule has 0 aromatic heterocycles. The second-order valence-corrected chi connectivity index (χ2v) is 2.26. The minimum Gasteiger partial charge on any atom is -0.385 e. The lowest BCUT2D eigenvalue weighted by Crippen LogP contribution is -2.17. The molecule has 0 aliphatic rings. The zero-order valence-electron chi connectivity index (χ0n) is 7.05. The van der Waals surface area contributed by atoms with Crippen molar-refractivity contribution in [3.63, 3.8) is 0 Å². The molecule has 3 heteroatoms. The first-order chi connectivity index (χ1) is 4.72. The largest absolute Gasteiger partial charge is 0.385 e. The van der Waals surface area contributed by atoms with Crippen LogP contribution in [0.15, 0.2) is 12.7 Å². The molecule has 1 atom stereocenters. The molecule has 0 saturated heterocycles. The summed E-state index contributed by atoms with van der Waals surface area (Å²) in [6.45, 7) is 5.30. The van der Waals surface area contributed by atoms with Gasteiger partial charge in [0.05, 0.1) is 0 Å². The Morgan fingerprint density at radius 1 is 1.73 bits per heavy atom. The van der Waals surface area contributed by atoms with Crippen molar-refractivity contribution >= 4 is 5.78 Å². The molecule has 0 bridgehead atoms. The van der Waals surface area contributed by atoms with Crippen LogP contribution < -0.4 is 6.15 Å². The third kappa shape index (κ3) is 5.76. The van der Waals surface area contributed by atoms with Crippen LogP contribution in [0.2, 0.25) is 0 Å². The van der Waals surface area contributed by atoms with Crippen LogP contribution in [-0.4, -0.2) is 17.0 Å². The van der Waals surface area contributed by atoms with E-state index in [1.165, 1.54) is 6.08 Å². The zero-order chi connectivity index (χ0) is 7.98. The molecular formula is C8H17NO2. The van der Waals surface area contributed by atoms with Crippen molar-refractivity contribution in [2.24, 2.45) is 0 Å². The lowest BCUT2D eigenvalue weighted by molar-refractivity contribution is -0.122. The number of hydrogen-bond acceptors (Lipinski definition) is 3. The second-order valence-electron chi connectivity index (χ2n) is 2.26. The maximum atomic E-state index is 10.6. The fourth-order valence-electron chi connectivity index (χ4n) is 0.676. The Hall–Kier alpha value is -0.670. The van der Waals surface area contributed by atoms with Crippen molar-refractivity contribution in [3.05, 3.63) is 12.7 Å². The van der Waals surface area contributed by atoms with Gasteiger partial charge in [-0.05, 0) is 12.5 Å². The summed E-state index contributed by atoms with van der Waals surface area (Å²) in [7, 11) is 0. The van der Waals surface area contributed by atoms with Crippen LogP contribution in [0.4, 0.5) is 0 Å². The van der Waals surface area contributed by atoms with E-state index in [9.17, 15) is 4.79 Å². The van der Waals surface area contributed by atoms with Gasteiger partial charge in [0, 0.05) is 0 Å². The van der Waals surface area contributed by atoms with Crippen LogP contribution in [0.3, 0.4) is 0 Å². The van der Waals surface area contributed by atoms with Crippen LogP contribution >= 0.6 is 0 Å². The standard InChI is InChI=1S/C8H14O2.H3N/c1-3-5-6-8(10)7(9)4-2;/h4,8,10H,2-3,5-6H2,1H3;1H3. The van der Waals surface area contributed by atoms with Crippen LogP contribution in [0.1, 0.15) is 26.2 Å². The Bertz CT molecular complexity index is 123. The highest BCUT2D eigenvalue weighted by Crippen LogP contribution is 2.00. The highest BCUT2D eigenvalue weighted by atomic mass is 16.3. The minimum absolute atomic E-state index is 0. The van der Waals surface area contributed by atoms with Gasteiger partial charge in [0.15, 0.2) is 5.78 Å². The maximum absolute atomic E-state index is 10.6. The first-order valence-electron chi connectivity index (χ1n) is 3.56. The summed E-state index contributed by atoms with van der Waals surface area (Å²) in [6, 6.07) is 0. The number of ketones is 1. The van der Waals surface area contributed by atoms with Gasteiger partial charge in [-0.2, -0.15) is 0 Å². The Kier molecular flexibility index (Phi) is 8.76. The number of carbonyl (C=O) groups excluding carboxylic acids is 1. The van der Waals surface area contributed by atoms with Gasteiger partial charge in [0.25, 0.3) is 0 Å². The molecule has 1 unspecified atom stereocenters. The molecule has 0 aromatic carbocycles. The second kappa shape index (κ2) is 7.44. The van der Waals surface area contributed by atoms with Crippen molar-refractivity contribution in [2.75, 3.05) is 0 Å². The van der Waals surface area contributed by atoms with E-state index in [1.807, 2.05) is 6.92 Å². The third-order valence-corrected chi connectivity index (χ3v) is 1.36. The highest BCUT2D eigenvalue weighted by Gasteiger charge is 2.08. The smallest absolute Gasteiger partial charge is 0.183 e. The van der Waals surface area contributed by atoms with E-state index in [0.717, 1.165) is 12.8 Å². The summed E-state index contributed by atoms with van der Waals surface area (Å²) in [5.41, 5.74) is 0. The molecular weight excluding hydrogens is 142 g/mol. The normalized spacial score (nSPS) is 11.5. The third-order valence-electron chi connectivity index (χ3n) is 1.36. The van der Waals surface area contributed by atoms with Crippen molar-refractivity contribution in [2.45, 2.75) is 32.3 Å². The predicted octanol–water partition coefficient (Wildman–Crippen LogP) is 1.45. The lowest BCUT2D eigenvalue weighted by Gasteiger charge is -2.03. The molecule has 66 valence electrons. The first-order valence-corrected chi connectivity index (χ1v) is 3.56. The molecule has 0 aromatic rings. The Labute approximate surface area is 67.7 Å². The van der Waals surface area contributed by atoms with E-state index in [2.05, 4.69) is 6.58 Å². The van der Waals surface area contributed by atoms with E-state index in [4.69, 9.17) is 5.11 Å². The van der Waals surface area contributed by atoms with E-state index in [0.29, 0.717) is 6.42 Å². The number of aliphatic hydroxyl groups excluding tert-OH is 1. The number of aliphatic hydroxyl groups is 1. The fraction of sp³-hybridized carbons (Fsp3) is 0.625. The number of unbranched alkanes of at least 4 members (excludes halogenated alkanes) is 1. The topological polar surface area (TPSA) is 72.3 Å². The van der Waals surface area contributed by atoms with Gasteiger partial charge in [0.1, 0.15) is 6.10 Å². The molecule has 0 rings (SSSR count). The molecule has 0 amide bonds. The average Bonchev–Trinajstić information content (AvgIpc) is 1.98. The SMILES string of the molecule is C=CC(=O)C(O)CCCC.N. The quantitative estimate of drug-likeness (QED) is 0.596. The summed E-state index contributed by atoms with van der Waals surface area (Å²) >= 11 is 0. The molecule has 0 heterocycles. The molecule has 0 aliphatic carbocycles. The molecule has 0 fully saturated rings. The van der Waals surface area contributed by atoms with Crippen LogP contribution in [-0.2, 0) is 4.79 Å². The summed E-state index contributed by atoms with van der Waals surface area (Å²) in [5, 5.41) is 9.03. The van der Waals surface area contributed by atoms with Gasteiger partial charge < -0.3 is 11.3 Å². The maximum Gasteiger partial charge on any atom is 0.183 e. The number of hydrogen-bond donors (Lipinski definition) is 2. The molecule has 0 spiro atoms.